The van der Waals surface area contributed by atoms with Crippen molar-refractivity contribution in [2.24, 2.45) is 7.05 Å². The number of piperidine rings is 1. The Kier molecular flexibility index (Phi) is 5.71. The number of rotatable bonds is 5. The Bertz CT molecular complexity index is 1090. The summed E-state index contributed by atoms with van der Waals surface area (Å²) in [6.07, 6.45) is 5.24. The summed E-state index contributed by atoms with van der Waals surface area (Å²) in [7, 11) is 1.98. The smallest absolute Gasteiger partial charge is 0.220 e. The second-order valence-corrected chi connectivity index (χ2v) is 9.10. The molecule has 32 heavy (non-hydrogen) atoms. The molecule has 1 N–H and O–H groups in total. The van der Waals surface area contributed by atoms with Crippen LogP contribution in [0.4, 0.5) is 0 Å². The number of aromatic nitrogens is 6. The molecule has 2 aliphatic heterocycles. The van der Waals surface area contributed by atoms with Gasteiger partial charge in [0.1, 0.15) is 5.82 Å². The molecule has 5 rings (SSSR count). The predicted molar refractivity (Wildman–Crippen MR) is 123 cm³/mol. The fraction of sp³-hybridized carbons (Fsp3) is 0.583. The van der Waals surface area contributed by atoms with Gasteiger partial charge >= 0.3 is 0 Å². The van der Waals surface area contributed by atoms with Gasteiger partial charge in [-0.25, -0.2) is 4.98 Å². The molecular weight excluding hydrogens is 402 g/mol. The van der Waals surface area contributed by atoms with Crippen LogP contribution in [0.2, 0.25) is 0 Å². The van der Waals surface area contributed by atoms with Gasteiger partial charge in [0, 0.05) is 35.5 Å². The van der Waals surface area contributed by atoms with Crippen LogP contribution in [0.3, 0.4) is 0 Å². The Morgan fingerprint density at radius 1 is 1.19 bits per heavy atom. The summed E-state index contributed by atoms with van der Waals surface area (Å²) in [5.74, 6) is 2.22. The first kappa shape index (κ1) is 21.1. The van der Waals surface area contributed by atoms with Gasteiger partial charge < -0.3 is 4.74 Å². The van der Waals surface area contributed by atoms with E-state index in [0.29, 0.717) is 5.92 Å². The van der Waals surface area contributed by atoms with Crippen molar-refractivity contribution in [3.05, 3.63) is 40.2 Å². The van der Waals surface area contributed by atoms with Gasteiger partial charge in [-0.1, -0.05) is 6.92 Å². The fourth-order valence-corrected chi connectivity index (χ4v) is 5.13. The lowest BCUT2D eigenvalue weighted by Crippen LogP contribution is -2.33. The molecule has 0 atom stereocenters. The molecule has 170 valence electrons. The van der Waals surface area contributed by atoms with Crippen molar-refractivity contribution in [1.29, 1.82) is 0 Å². The van der Waals surface area contributed by atoms with Crippen LogP contribution in [0, 0.1) is 13.8 Å². The zero-order valence-electron chi connectivity index (χ0n) is 19.6. The topological polar surface area (TPSA) is 84.8 Å². The van der Waals surface area contributed by atoms with Crippen molar-refractivity contribution < 1.29 is 4.74 Å². The molecule has 0 spiro atoms. The number of nitrogens with zero attached hydrogens (tertiary/aromatic N) is 6. The average Bonchev–Trinajstić information content (AvgIpc) is 3.37. The van der Waals surface area contributed by atoms with Gasteiger partial charge in [-0.2, -0.15) is 15.2 Å². The minimum absolute atomic E-state index is 0.503. The summed E-state index contributed by atoms with van der Waals surface area (Å²) in [6, 6.07) is 2.22. The quantitative estimate of drug-likeness (QED) is 0.660. The second-order valence-electron chi connectivity index (χ2n) is 9.10. The molecule has 0 saturated carbocycles. The van der Waals surface area contributed by atoms with Crippen LogP contribution >= 0.6 is 0 Å². The van der Waals surface area contributed by atoms with Gasteiger partial charge in [-0.3, -0.25) is 14.7 Å². The standard InChI is InChI=1S/C24H33N7O/c1-5-19-18-7-6-12-32-24(18)26-22(25-19)14-31-10-8-17(9-11-31)20-13-21(28-27-20)23-15(2)29-30(4)16(23)3/h13,17H,5-12,14H2,1-4H3,(H,27,28). The minimum Gasteiger partial charge on any atom is -0.477 e. The van der Waals surface area contributed by atoms with E-state index >= 15 is 0 Å². The summed E-state index contributed by atoms with van der Waals surface area (Å²) in [5, 5.41) is 12.5. The Balaban J connectivity index is 1.24. The minimum atomic E-state index is 0.503. The number of hydrogen-bond donors (Lipinski definition) is 1. The Labute approximate surface area is 189 Å². The summed E-state index contributed by atoms with van der Waals surface area (Å²) in [4.78, 5) is 12.1. The molecule has 0 radical (unpaired) electrons. The van der Waals surface area contributed by atoms with Crippen LogP contribution < -0.4 is 4.74 Å². The van der Waals surface area contributed by atoms with Gasteiger partial charge in [0.15, 0.2) is 0 Å². The maximum absolute atomic E-state index is 5.84. The third-order valence-electron chi connectivity index (χ3n) is 7.00. The highest BCUT2D eigenvalue weighted by Crippen LogP contribution is 2.32. The van der Waals surface area contributed by atoms with Crippen LogP contribution in [0.15, 0.2) is 6.07 Å². The van der Waals surface area contributed by atoms with E-state index in [-0.39, 0.29) is 0 Å². The Hall–Kier alpha value is -2.74. The van der Waals surface area contributed by atoms with E-state index in [1.807, 2.05) is 18.7 Å². The molecule has 0 amide bonds. The lowest BCUT2D eigenvalue weighted by molar-refractivity contribution is 0.196. The van der Waals surface area contributed by atoms with E-state index in [1.54, 1.807) is 0 Å². The van der Waals surface area contributed by atoms with Crippen LogP contribution in [0.1, 0.15) is 66.3 Å². The first-order valence-corrected chi connectivity index (χ1v) is 11.8. The predicted octanol–water partition coefficient (Wildman–Crippen LogP) is 3.48. The molecule has 3 aromatic heterocycles. The van der Waals surface area contributed by atoms with Gasteiger partial charge in [-0.15, -0.1) is 0 Å². The van der Waals surface area contributed by atoms with Crippen molar-refractivity contribution in [2.75, 3.05) is 19.7 Å². The molecule has 0 bridgehead atoms. The Morgan fingerprint density at radius 2 is 2.00 bits per heavy atom. The Morgan fingerprint density at radius 3 is 2.72 bits per heavy atom. The largest absolute Gasteiger partial charge is 0.477 e. The first-order valence-electron chi connectivity index (χ1n) is 11.8. The van der Waals surface area contributed by atoms with Crippen LogP contribution in [-0.2, 0) is 26.4 Å². The van der Waals surface area contributed by atoms with E-state index in [4.69, 9.17) is 14.7 Å². The zero-order valence-corrected chi connectivity index (χ0v) is 19.6. The molecule has 0 aliphatic carbocycles. The van der Waals surface area contributed by atoms with Crippen molar-refractivity contribution in [3.8, 4) is 17.1 Å². The molecule has 2 aliphatic rings. The maximum Gasteiger partial charge on any atom is 0.220 e. The van der Waals surface area contributed by atoms with Crippen molar-refractivity contribution in [1.82, 2.24) is 34.8 Å². The molecule has 8 heteroatoms. The number of nitrogens with one attached hydrogen (secondary N) is 1. The summed E-state index contributed by atoms with van der Waals surface area (Å²) in [5.41, 5.74) is 7.93. The molecule has 0 unspecified atom stereocenters. The summed E-state index contributed by atoms with van der Waals surface area (Å²) in [6.45, 7) is 9.94. The van der Waals surface area contributed by atoms with Gasteiger partial charge in [0.2, 0.25) is 5.88 Å². The van der Waals surface area contributed by atoms with E-state index < -0.39 is 0 Å². The third-order valence-corrected chi connectivity index (χ3v) is 7.00. The molecule has 8 nitrogen and oxygen atoms in total. The number of aromatic amines is 1. The highest BCUT2D eigenvalue weighted by Gasteiger charge is 2.25. The molecule has 1 saturated heterocycles. The number of aryl methyl sites for hydroxylation is 3. The lowest BCUT2D eigenvalue weighted by Gasteiger charge is -2.31. The van der Waals surface area contributed by atoms with Crippen molar-refractivity contribution in [2.45, 2.75) is 65.3 Å². The van der Waals surface area contributed by atoms with Crippen LogP contribution in [0.25, 0.3) is 11.3 Å². The SMILES string of the molecule is CCc1nc(CN2CCC(c3cc(-c4c(C)nn(C)c4C)n[nH]3)CC2)nc2c1CCCO2. The molecule has 5 heterocycles. The van der Waals surface area contributed by atoms with Gasteiger partial charge in [0.25, 0.3) is 0 Å². The monoisotopic (exact) mass is 435 g/mol. The average molecular weight is 436 g/mol. The van der Waals surface area contributed by atoms with Gasteiger partial charge in [-0.05, 0) is 65.1 Å². The molecule has 0 aromatic carbocycles. The number of H-pyrrole nitrogens is 1. The lowest BCUT2D eigenvalue weighted by atomic mass is 9.93. The zero-order chi connectivity index (χ0) is 22.2. The summed E-state index contributed by atoms with van der Waals surface area (Å²) < 4.78 is 7.77. The van der Waals surface area contributed by atoms with E-state index in [2.05, 4.69) is 40.1 Å². The number of ether oxygens (including phenoxy) is 1. The van der Waals surface area contributed by atoms with Crippen molar-refractivity contribution in [3.63, 3.8) is 0 Å². The van der Waals surface area contributed by atoms with Crippen LogP contribution in [-0.4, -0.2) is 54.5 Å². The van der Waals surface area contributed by atoms with Crippen molar-refractivity contribution >= 4 is 0 Å². The van der Waals surface area contributed by atoms with E-state index in [9.17, 15) is 0 Å². The van der Waals surface area contributed by atoms with Gasteiger partial charge in [0.05, 0.1) is 30.2 Å². The molecule has 1 fully saturated rings. The number of hydrogen-bond acceptors (Lipinski definition) is 6. The number of likely N-dealkylation sites (tertiary alicyclic amines) is 1. The highest BCUT2D eigenvalue weighted by atomic mass is 16.5. The van der Waals surface area contributed by atoms with E-state index in [0.717, 1.165) is 98.4 Å². The molecular formula is C24H33N7O. The fourth-order valence-electron chi connectivity index (χ4n) is 5.13. The highest BCUT2D eigenvalue weighted by molar-refractivity contribution is 5.65. The van der Waals surface area contributed by atoms with E-state index in [1.165, 1.54) is 11.3 Å². The normalized spacial score (nSPS) is 17.4. The third kappa shape index (κ3) is 3.92. The first-order chi connectivity index (χ1) is 15.5. The molecule has 3 aromatic rings. The maximum atomic E-state index is 5.84. The number of fused-ring (bicyclic) bond motifs is 1. The van der Waals surface area contributed by atoms with Crippen LogP contribution in [0.5, 0.6) is 5.88 Å². The summed E-state index contributed by atoms with van der Waals surface area (Å²) >= 11 is 0. The second kappa shape index (κ2) is 8.65.